The van der Waals surface area contributed by atoms with Gasteiger partial charge in [0.25, 0.3) is 5.56 Å². The predicted octanol–water partition coefficient (Wildman–Crippen LogP) is 4.85. The van der Waals surface area contributed by atoms with Crippen LogP contribution in [0.5, 0.6) is 0 Å². The van der Waals surface area contributed by atoms with Crippen molar-refractivity contribution in [3.05, 3.63) is 79.5 Å². The van der Waals surface area contributed by atoms with Crippen molar-refractivity contribution in [1.82, 2.24) is 14.1 Å². The lowest BCUT2D eigenvalue weighted by molar-refractivity contribution is -0.897. The number of thioether (sulfide) groups is 1. The summed E-state index contributed by atoms with van der Waals surface area (Å²) >= 11 is 14.9. The van der Waals surface area contributed by atoms with E-state index in [1.54, 1.807) is 4.57 Å². The Morgan fingerprint density at radius 1 is 1.09 bits per heavy atom. The SMILES string of the molecule is CC[NH+](CC)CCn1c(=S)sc2c(=O)n(-c3ccccc3)c(SCc3ccccc3Cl)nc21. The predicted molar refractivity (Wildman–Crippen MR) is 142 cm³/mol. The molecule has 1 N–H and O–H groups in total. The molecule has 4 aromatic rings. The minimum absolute atomic E-state index is 0.0853. The molecule has 0 aliphatic rings. The summed E-state index contributed by atoms with van der Waals surface area (Å²) in [5, 5.41) is 1.34. The zero-order valence-corrected chi connectivity index (χ0v) is 21.8. The molecule has 0 unspecified atom stereocenters. The van der Waals surface area contributed by atoms with E-state index in [0.29, 0.717) is 30.2 Å². The molecule has 0 aliphatic carbocycles. The molecule has 0 atom stereocenters. The standard InChI is InChI=1S/C24H25ClN4OS3/c1-3-27(4-2)14-15-28-21-20(33-24(28)31)22(30)29(18-11-6-5-7-12-18)23(26-21)32-16-17-10-8-9-13-19(17)25/h5-13H,3-4,14-16H2,1-2H3/p+1. The van der Waals surface area contributed by atoms with Gasteiger partial charge in [0.15, 0.2) is 14.8 Å². The molecule has 0 aliphatic heterocycles. The molecule has 0 radical (unpaired) electrons. The monoisotopic (exact) mass is 517 g/mol. The second-order valence-corrected chi connectivity index (χ2v) is 10.6. The molecule has 0 bridgehead atoms. The minimum atomic E-state index is -0.0853. The van der Waals surface area contributed by atoms with E-state index >= 15 is 0 Å². The highest BCUT2D eigenvalue weighted by molar-refractivity contribution is 7.98. The molecule has 2 heterocycles. The third-order valence-electron chi connectivity index (χ3n) is 5.68. The minimum Gasteiger partial charge on any atom is -0.334 e. The lowest BCUT2D eigenvalue weighted by Gasteiger charge is -2.16. The number of hydrogen-bond acceptors (Lipinski definition) is 5. The van der Waals surface area contributed by atoms with Gasteiger partial charge >= 0.3 is 0 Å². The van der Waals surface area contributed by atoms with Crippen LogP contribution < -0.4 is 10.5 Å². The Morgan fingerprint density at radius 3 is 2.48 bits per heavy atom. The molecule has 0 spiro atoms. The van der Waals surface area contributed by atoms with Crippen LogP contribution in [-0.2, 0) is 12.3 Å². The van der Waals surface area contributed by atoms with E-state index in [-0.39, 0.29) is 5.56 Å². The van der Waals surface area contributed by atoms with Gasteiger partial charge in [-0.25, -0.2) is 4.98 Å². The third kappa shape index (κ3) is 5.25. The maximum absolute atomic E-state index is 13.7. The highest BCUT2D eigenvalue weighted by Gasteiger charge is 2.19. The highest BCUT2D eigenvalue weighted by atomic mass is 35.5. The van der Waals surface area contributed by atoms with Crippen molar-refractivity contribution in [3.63, 3.8) is 0 Å². The lowest BCUT2D eigenvalue weighted by Crippen LogP contribution is -3.11. The Hall–Kier alpha value is -1.97. The third-order valence-corrected chi connectivity index (χ3v) is 8.46. The molecule has 5 nitrogen and oxygen atoms in total. The number of halogens is 1. The molecule has 0 fully saturated rings. The van der Waals surface area contributed by atoms with Crippen molar-refractivity contribution >= 4 is 57.3 Å². The van der Waals surface area contributed by atoms with E-state index < -0.39 is 0 Å². The van der Waals surface area contributed by atoms with Crippen LogP contribution in [-0.4, -0.2) is 33.8 Å². The Labute approximate surface area is 211 Å². The number of nitrogens with one attached hydrogen (secondary N) is 1. The summed E-state index contributed by atoms with van der Waals surface area (Å²) in [5.41, 5.74) is 2.38. The Bertz CT molecular complexity index is 1360. The van der Waals surface area contributed by atoms with Crippen molar-refractivity contribution in [1.29, 1.82) is 0 Å². The average molecular weight is 518 g/mol. The van der Waals surface area contributed by atoms with Crippen LogP contribution in [0.25, 0.3) is 16.0 Å². The van der Waals surface area contributed by atoms with Crippen LogP contribution in [0.4, 0.5) is 0 Å². The Kier molecular flexibility index (Phi) is 8.03. The zero-order valence-electron chi connectivity index (χ0n) is 18.6. The van der Waals surface area contributed by atoms with Crippen LogP contribution >= 0.6 is 46.9 Å². The number of hydrogen-bond donors (Lipinski definition) is 1. The summed E-state index contributed by atoms with van der Waals surface area (Å²) in [6.45, 7) is 8.16. The fourth-order valence-corrected chi connectivity index (χ4v) is 6.31. The van der Waals surface area contributed by atoms with Gasteiger partial charge < -0.3 is 9.47 Å². The Morgan fingerprint density at radius 2 is 1.79 bits per heavy atom. The zero-order chi connectivity index (χ0) is 23.4. The van der Waals surface area contributed by atoms with Gasteiger partial charge in [-0.1, -0.05) is 71.1 Å². The molecule has 0 saturated heterocycles. The summed E-state index contributed by atoms with van der Waals surface area (Å²) < 4.78 is 5.00. The molecule has 0 saturated carbocycles. The van der Waals surface area contributed by atoms with Crippen LogP contribution in [0.15, 0.2) is 64.5 Å². The summed E-state index contributed by atoms with van der Waals surface area (Å²) in [4.78, 5) is 20.1. The fraction of sp³-hybridized carbons (Fsp3) is 0.292. The molecule has 4 rings (SSSR count). The van der Waals surface area contributed by atoms with E-state index in [1.165, 1.54) is 28.0 Å². The number of fused-ring (bicyclic) bond motifs is 1. The summed E-state index contributed by atoms with van der Waals surface area (Å²) in [6, 6.07) is 17.4. The van der Waals surface area contributed by atoms with Crippen molar-refractivity contribution in [2.24, 2.45) is 0 Å². The number of para-hydroxylation sites is 1. The molecule has 2 aromatic heterocycles. The lowest BCUT2D eigenvalue weighted by atomic mass is 10.2. The number of benzene rings is 2. The maximum atomic E-state index is 13.7. The van der Waals surface area contributed by atoms with E-state index in [1.807, 2.05) is 59.2 Å². The van der Waals surface area contributed by atoms with Gasteiger partial charge in [-0.15, -0.1) is 0 Å². The van der Waals surface area contributed by atoms with Crippen molar-refractivity contribution < 1.29 is 4.90 Å². The largest absolute Gasteiger partial charge is 0.334 e. The van der Waals surface area contributed by atoms with Crippen molar-refractivity contribution in [2.45, 2.75) is 31.3 Å². The molecule has 172 valence electrons. The second kappa shape index (κ2) is 11.0. The number of likely N-dealkylation sites (N-methyl/N-ethyl adjacent to an activating group) is 1. The van der Waals surface area contributed by atoms with Crippen LogP contribution in [0.3, 0.4) is 0 Å². The highest BCUT2D eigenvalue weighted by Crippen LogP contribution is 2.29. The molecule has 0 amide bonds. The topological polar surface area (TPSA) is 44.3 Å². The number of thiazole rings is 1. The first-order valence-corrected chi connectivity index (χ1v) is 13.5. The van der Waals surface area contributed by atoms with E-state index in [2.05, 4.69) is 13.8 Å². The number of quaternary nitrogens is 1. The summed E-state index contributed by atoms with van der Waals surface area (Å²) in [5.74, 6) is 0.610. The van der Waals surface area contributed by atoms with Crippen LogP contribution in [0.2, 0.25) is 5.02 Å². The van der Waals surface area contributed by atoms with Gasteiger partial charge in [-0.3, -0.25) is 9.36 Å². The first-order valence-electron chi connectivity index (χ1n) is 10.9. The maximum Gasteiger partial charge on any atom is 0.278 e. The normalized spacial score (nSPS) is 11.5. The van der Waals surface area contributed by atoms with E-state index in [0.717, 1.165) is 37.4 Å². The average Bonchev–Trinajstić information content (AvgIpc) is 3.15. The smallest absolute Gasteiger partial charge is 0.278 e. The van der Waals surface area contributed by atoms with Gasteiger partial charge in [0.1, 0.15) is 4.70 Å². The number of aromatic nitrogens is 3. The van der Waals surface area contributed by atoms with Crippen molar-refractivity contribution in [2.75, 3.05) is 19.6 Å². The molecule has 33 heavy (non-hydrogen) atoms. The molecule has 9 heteroatoms. The van der Waals surface area contributed by atoms with Crippen LogP contribution in [0, 0.1) is 3.95 Å². The fourth-order valence-electron chi connectivity index (χ4n) is 3.71. The van der Waals surface area contributed by atoms with Gasteiger partial charge in [-0.05, 0) is 49.8 Å². The molecular weight excluding hydrogens is 492 g/mol. The Balaban J connectivity index is 1.82. The molecular formula is C24H26ClN4OS3+. The van der Waals surface area contributed by atoms with Gasteiger partial charge in [0.05, 0.1) is 31.9 Å². The second-order valence-electron chi connectivity index (χ2n) is 7.63. The van der Waals surface area contributed by atoms with Crippen molar-refractivity contribution in [3.8, 4) is 5.69 Å². The first kappa shape index (κ1) is 24.2. The summed E-state index contributed by atoms with van der Waals surface area (Å²) in [6.07, 6.45) is 0. The first-order chi connectivity index (χ1) is 16.0. The van der Waals surface area contributed by atoms with E-state index in [9.17, 15) is 4.79 Å². The number of rotatable bonds is 9. The van der Waals surface area contributed by atoms with Gasteiger partial charge in [0, 0.05) is 10.8 Å². The summed E-state index contributed by atoms with van der Waals surface area (Å²) in [7, 11) is 0. The van der Waals surface area contributed by atoms with E-state index in [4.69, 9.17) is 28.8 Å². The molecule has 2 aromatic carbocycles. The van der Waals surface area contributed by atoms with Gasteiger partial charge in [0.2, 0.25) is 0 Å². The van der Waals surface area contributed by atoms with Crippen LogP contribution in [0.1, 0.15) is 19.4 Å². The number of nitrogens with zero attached hydrogens (tertiary/aromatic N) is 3. The van der Waals surface area contributed by atoms with Gasteiger partial charge in [-0.2, -0.15) is 0 Å². The quantitative estimate of drug-likeness (QED) is 0.196.